The second-order valence-electron chi connectivity index (χ2n) is 3.57. The molecule has 3 N–H and O–H groups in total. The van der Waals surface area contributed by atoms with Crippen LogP contribution in [0.25, 0.3) is 0 Å². The summed E-state index contributed by atoms with van der Waals surface area (Å²) < 4.78 is 5.65. The van der Waals surface area contributed by atoms with Crippen molar-refractivity contribution in [3.63, 3.8) is 0 Å². The van der Waals surface area contributed by atoms with Gasteiger partial charge in [-0.05, 0) is 18.2 Å². The molecular formula is C11H11BrN4O2. The molecule has 0 saturated carbocycles. The first-order valence-corrected chi connectivity index (χ1v) is 6.05. The third-order valence-electron chi connectivity index (χ3n) is 2.29. The molecule has 2 rings (SSSR count). The maximum absolute atomic E-state index is 11.8. The van der Waals surface area contributed by atoms with E-state index in [-0.39, 0.29) is 5.91 Å². The molecule has 0 spiro atoms. The van der Waals surface area contributed by atoms with Crippen molar-refractivity contribution in [2.24, 2.45) is 0 Å². The largest absolute Gasteiger partial charge is 0.398 e. The molecule has 1 aromatic heterocycles. The molecule has 94 valence electrons. The van der Waals surface area contributed by atoms with Crippen LogP contribution < -0.4 is 11.1 Å². The van der Waals surface area contributed by atoms with Gasteiger partial charge in [-0.1, -0.05) is 21.1 Å². The fourth-order valence-electron chi connectivity index (χ4n) is 1.42. The van der Waals surface area contributed by atoms with Crippen LogP contribution in [-0.4, -0.2) is 22.6 Å². The van der Waals surface area contributed by atoms with Crippen LogP contribution in [0.5, 0.6) is 0 Å². The topological polar surface area (TPSA) is 94.0 Å². The number of hydrogen-bond donors (Lipinski definition) is 2. The monoisotopic (exact) mass is 310 g/mol. The van der Waals surface area contributed by atoms with Gasteiger partial charge in [-0.3, -0.25) is 4.79 Å². The van der Waals surface area contributed by atoms with Crippen LogP contribution in [0.1, 0.15) is 16.2 Å². The third-order valence-corrected chi connectivity index (χ3v) is 2.78. The minimum Gasteiger partial charge on any atom is -0.398 e. The third kappa shape index (κ3) is 3.07. The second-order valence-corrected chi connectivity index (χ2v) is 4.49. The fourth-order valence-corrected chi connectivity index (χ4v) is 1.80. The number of nitrogens with zero attached hydrogens (tertiary/aromatic N) is 2. The van der Waals surface area contributed by atoms with Gasteiger partial charge in [-0.15, -0.1) is 0 Å². The van der Waals surface area contributed by atoms with Gasteiger partial charge in [-0.2, -0.15) is 4.98 Å². The standard InChI is InChI=1S/C11H11BrN4O2/c12-7-1-2-8(9(13)5-7)11(17)14-4-3-10-15-6-16-18-10/h1-2,5-6H,3-4,13H2,(H,14,17). The van der Waals surface area contributed by atoms with Crippen LogP contribution in [-0.2, 0) is 6.42 Å². The lowest BCUT2D eigenvalue weighted by atomic mass is 10.1. The zero-order valence-electron chi connectivity index (χ0n) is 9.39. The van der Waals surface area contributed by atoms with E-state index in [9.17, 15) is 4.79 Å². The summed E-state index contributed by atoms with van der Waals surface area (Å²) in [6.45, 7) is 0.413. The summed E-state index contributed by atoms with van der Waals surface area (Å²) in [5.74, 6) is 0.263. The zero-order valence-corrected chi connectivity index (χ0v) is 11.0. The molecule has 1 heterocycles. The van der Waals surface area contributed by atoms with Crippen molar-refractivity contribution in [3.8, 4) is 0 Å². The number of nitrogens with one attached hydrogen (secondary N) is 1. The van der Waals surface area contributed by atoms with E-state index in [1.165, 1.54) is 6.33 Å². The van der Waals surface area contributed by atoms with Crippen molar-refractivity contribution in [2.45, 2.75) is 6.42 Å². The van der Waals surface area contributed by atoms with Crippen molar-refractivity contribution in [1.29, 1.82) is 0 Å². The Balaban J connectivity index is 1.91. The summed E-state index contributed by atoms with van der Waals surface area (Å²) in [7, 11) is 0. The summed E-state index contributed by atoms with van der Waals surface area (Å²) in [6, 6.07) is 5.12. The Morgan fingerprint density at radius 1 is 1.50 bits per heavy atom. The SMILES string of the molecule is Nc1cc(Br)ccc1C(=O)NCCc1ncno1. The lowest BCUT2D eigenvalue weighted by Crippen LogP contribution is -2.26. The van der Waals surface area contributed by atoms with Gasteiger partial charge >= 0.3 is 0 Å². The number of benzene rings is 1. The van der Waals surface area contributed by atoms with Gasteiger partial charge in [-0.25, -0.2) is 0 Å². The molecule has 0 radical (unpaired) electrons. The van der Waals surface area contributed by atoms with E-state index in [0.717, 1.165) is 4.47 Å². The highest BCUT2D eigenvalue weighted by atomic mass is 79.9. The Hall–Kier alpha value is -1.89. The van der Waals surface area contributed by atoms with Crippen LogP contribution in [0.4, 0.5) is 5.69 Å². The highest BCUT2D eigenvalue weighted by molar-refractivity contribution is 9.10. The molecule has 0 saturated heterocycles. The number of amides is 1. The molecule has 0 fully saturated rings. The second kappa shape index (κ2) is 5.63. The number of aromatic nitrogens is 2. The number of anilines is 1. The number of carbonyl (C=O) groups is 1. The normalized spacial score (nSPS) is 10.3. The predicted octanol–water partition coefficient (Wildman–Crippen LogP) is 1.39. The van der Waals surface area contributed by atoms with Crippen molar-refractivity contribution < 1.29 is 9.32 Å². The van der Waals surface area contributed by atoms with E-state index in [1.54, 1.807) is 18.2 Å². The number of carbonyl (C=O) groups excluding carboxylic acids is 1. The molecule has 7 heteroatoms. The van der Waals surface area contributed by atoms with E-state index in [0.29, 0.717) is 30.1 Å². The van der Waals surface area contributed by atoms with Gasteiger partial charge in [0.2, 0.25) is 5.89 Å². The molecule has 1 amide bonds. The van der Waals surface area contributed by atoms with E-state index >= 15 is 0 Å². The maximum atomic E-state index is 11.8. The molecule has 6 nitrogen and oxygen atoms in total. The quantitative estimate of drug-likeness (QED) is 0.832. The summed E-state index contributed by atoms with van der Waals surface area (Å²) >= 11 is 3.28. The van der Waals surface area contributed by atoms with Gasteiger partial charge in [0.25, 0.3) is 5.91 Å². The van der Waals surface area contributed by atoms with Crippen LogP contribution in [0, 0.1) is 0 Å². The van der Waals surface area contributed by atoms with Crippen molar-refractivity contribution in [1.82, 2.24) is 15.5 Å². The van der Waals surface area contributed by atoms with E-state index in [1.807, 2.05) is 0 Å². The Morgan fingerprint density at radius 2 is 2.33 bits per heavy atom. The molecule has 0 atom stereocenters. The van der Waals surface area contributed by atoms with Crippen LogP contribution in [0.2, 0.25) is 0 Å². The number of nitrogens with two attached hydrogens (primary N) is 1. The molecule has 18 heavy (non-hydrogen) atoms. The average Bonchev–Trinajstić information content (AvgIpc) is 2.81. The van der Waals surface area contributed by atoms with Crippen LogP contribution in [0.3, 0.4) is 0 Å². The maximum Gasteiger partial charge on any atom is 0.253 e. The highest BCUT2D eigenvalue weighted by Gasteiger charge is 2.09. The first-order chi connectivity index (χ1) is 8.66. The van der Waals surface area contributed by atoms with Gasteiger partial charge < -0.3 is 15.6 Å². The van der Waals surface area contributed by atoms with Crippen LogP contribution >= 0.6 is 15.9 Å². The molecular weight excluding hydrogens is 300 g/mol. The minimum atomic E-state index is -0.223. The summed E-state index contributed by atoms with van der Waals surface area (Å²) in [6.07, 6.45) is 1.81. The van der Waals surface area contributed by atoms with Gasteiger partial charge in [0.1, 0.15) is 0 Å². The summed E-state index contributed by atoms with van der Waals surface area (Å²) in [5, 5.41) is 6.21. The molecule has 2 aromatic rings. The van der Waals surface area contributed by atoms with E-state index < -0.39 is 0 Å². The van der Waals surface area contributed by atoms with E-state index in [2.05, 4.69) is 31.4 Å². The molecule has 0 unspecified atom stereocenters. The smallest absolute Gasteiger partial charge is 0.253 e. The Kier molecular flexibility index (Phi) is 3.93. The first-order valence-electron chi connectivity index (χ1n) is 5.25. The number of nitrogen functional groups attached to an aromatic ring is 1. The summed E-state index contributed by atoms with van der Waals surface area (Å²) in [4.78, 5) is 15.7. The zero-order chi connectivity index (χ0) is 13.0. The van der Waals surface area contributed by atoms with Crippen molar-refractivity contribution >= 4 is 27.5 Å². The van der Waals surface area contributed by atoms with Gasteiger partial charge in [0, 0.05) is 23.1 Å². The first kappa shape index (κ1) is 12.6. The summed E-state index contributed by atoms with van der Waals surface area (Å²) in [5.41, 5.74) is 6.64. The Labute approximate surface area is 112 Å². The lowest BCUT2D eigenvalue weighted by molar-refractivity contribution is 0.0954. The molecule has 1 aromatic carbocycles. The minimum absolute atomic E-state index is 0.223. The molecule has 0 bridgehead atoms. The average molecular weight is 311 g/mol. The van der Waals surface area contributed by atoms with Crippen LogP contribution in [0.15, 0.2) is 33.5 Å². The molecule has 0 aliphatic carbocycles. The van der Waals surface area contributed by atoms with Gasteiger partial charge in [0.15, 0.2) is 6.33 Å². The van der Waals surface area contributed by atoms with Crippen molar-refractivity contribution in [2.75, 3.05) is 12.3 Å². The van der Waals surface area contributed by atoms with Gasteiger partial charge in [0.05, 0.1) is 5.56 Å². The Morgan fingerprint density at radius 3 is 3.00 bits per heavy atom. The number of hydrogen-bond acceptors (Lipinski definition) is 5. The number of rotatable bonds is 4. The number of halogens is 1. The molecule has 0 aliphatic rings. The predicted molar refractivity (Wildman–Crippen MR) is 68.9 cm³/mol. The van der Waals surface area contributed by atoms with Crippen molar-refractivity contribution in [3.05, 3.63) is 40.5 Å². The fraction of sp³-hybridized carbons (Fsp3) is 0.182. The highest BCUT2D eigenvalue weighted by Crippen LogP contribution is 2.18. The van der Waals surface area contributed by atoms with E-state index in [4.69, 9.17) is 10.3 Å². The Bertz CT molecular complexity index is 542. The molecule has 0 aliphatic heterocycles. The lowest BCUT2D eigenvalue weighted by Gasteiger charge is -2.06.